The van der Waals surface area contributed by atoms with Gasteiger partial charge >= 0.3 is 0 Å². The van der Waals surface area contributed by atoms with Crippen LogP contribution in [0.2, 0.25) is 5.02 Å². The van der Waals surface area contributed by atoms with Crippen molar-refractivity contribution in [3.63, 3.8) is 0 Å². The quantitative estimate of drug-likeness (QED) is 0.680. The van der Waals surface area contributed by atoms with Crippen molar-refractivity contribution >= 4 is 29.1 Å². The molecule has 0 saturated carbocycles. The normalized spacial score (nSPS) is 10.2. The van der Waals surface area contributed by atoms with Crippen LogP contribution in [0.4, 0.5) is 10.1 Å². The molecule has 2 rings (SSSR count). The van der Waals surface area contributed by atoms with Gasteiger partial charge in [-0.15, -0.1) is 11.8 Å². The second-order valence-corrected chi connectivity index (χ2v) is 5.36. The number of nitrogen functional groups attached to an aromatic ring is 1. The molecule has 0 radical (unpaired) electrons. The third-order valence-corrected chi connectivity index (χ3v) is 4.00. The maximum atomic E-state index is 13.3. The molecule has 0 aromatic heterocycles. The summed E-state index contributed by atoms with van der Waals surface area (Å²) in [4.78, 5) is 0.837. The zero-order valence-electron chi connectivity index (χ0n) is 9.86. The highest BCUT2D eigenvalue weighted by molar-refractivity contribution is 7.98. The Morgan fingerprint density at radius 2 is 2.05 bits per heavy atom. The Morgan fingerprint density at radius 1 is 1.26 bits per heavy atom. The van der Waals surface area contributed by atoms with E-state index in [1.54, 1.807) is 24.3 Å². The number of anilines is 1. The number of hydrogen-bond donors (Lipinski definition) is 1. The zero-order chi connectivity index (χ0) is 13.8. The highest BCUT2D eigenvalue weighted by atomic mass is 35.5. The molecule has 2 aromatic rings. The summed E-state index contributed by atoms with van der Waals surface area (Å²) in [7, 11) is 0. The Kier molecular flexibility index (Phi) is 4.31. The number of nitrogens with zero attached hydrogens (tertiary/aromatic N) is 1. The summed E-state index contributed by atoms with van der Waals surface area (Å²) in [5.41, 5.74) is 7.37. The molecule has 2 N–H and O–H groups in total. The first-order valence-electron chi connectivity index (χ1n) is 5.46. The van der Waals surface area contributed by atoms with Gasteiger partial charge in [0.1, 0.15) is 5.82 Å². The molecule has 0 aliphatic heterocycles. The van der Waals surface area contributed by atoms with Gasteiger partial charge in [-0.05, 0) is 42.0 Å². The molecule has 5 heteroatoms. The Bertz CT molecular complexity index is 652. The van der Waals surface area contributed by atoms with Gasteiger partial charge in [0, 0.05) is 16.3 Å². The van der Waals surface area contributed by atoms with Crippen LogP contribution in [0.5, 0.6) is 0 Å². The summed E-state index contributed by atoms with van der Waals surface area (Å²) in [6.45, 7) is 0. The highest BCUT2D eigenvalue weighted by Crippen LogP contribution is 2.31. The molecular formula is C14H10ClFN2S. The van der Waals surface area contributed by atoms with Crippen molar-refractivity contribution in [2.75, 3.05) is 5.73 Å². The SMILES string of the molecule is N#Cc1cc(F)cc(CSc2cc(N)ccc2Cl)c1. The van der Waals surface area contributed by atoms with Gasteiger partial charge in [0.05, 0.1) is 16.7 Å². The molecule has 0 aliphatic carbocycles. The molecular weight excluding hydrogens is 283 g/mol. The number of rotatable bonds is 3. The van der Waals surface area contributed by atoms with E-state index in [9.17, 15) is 4.39 Å². The van der Waals surface area contributed by atoms with Crippen LogP contribution in [0.25, 0.3) is 0 Å². The minimum absolute atomic E-state index is 0.314. The average Bonchev–Trinajstić information content (AvgIpc) is 2.39. The van der Waals surface area contributed by atoms with E-state index >= 15 is 0 Å². The van der Waals surface area contributed by atoms with Crippen molar-refractivity contribution in [1.82, 2.24) is 0 Å². The van der Waals surface area contributed by atoms with Crippen molar-refractivity contribution < 1.29 is 4.39 Å². The molecule has 0 unspecified atom stereocenters. The molecule has 0 fully saturated rings. The van der Waals surface area contributed by atoms with E-state index in [2.05, 4.69) is 0 Å². The third-order valence-electron chi connectivity index (χ3n) is 2.44. The Balaban J connectivity index is 2.17. The molecule has 19 heavy (non-hydrogen) atoms. The number of thioether (sulfide) groups is 1. The first-order chi connectivity index (χ1) is 9.08. The topological polar surface area (TPSA) is 49.8 Å². The van der Waals surface area contributed by atoms with Crippen LogP contribution in [0.15, 0.2) is 41.3 Å². The van der Waals surface area contributed by atoms with Gasteiger partial charge in [-0.2, -0.15) is 5.26 Å². The van der Waals surface area contributed by atoms with E-state index in [1.165, 1.54) is 23.9 Å². The fraction of sp³-hybridized carbons (Fsp3) is 0.0714. The molecule has 0 bridgehead atoms. The summed E-state index contributed by atoms with van der Waals surface area (Å²) in [5, 5.41) is 9.40. The lowest BCUT2D eigenvalue weighted by Gasteiger charge is -2.06. The van der Waals surface area contributed by atoms with Crippen molar-refractivity contribution in [2.45, 2.75) is 10.6 Å². The maximum Gasteiger partial charge on any atom is 0.124 e. The van der Waals surface area contributed by atoms with E-state index in [0.29, 0.717) is 22.0 Å². The van der Waals surface area contributed by atoms with Crippen molar-refractivity contribution in [3.05, 3.63) is 58.4 Å². The standard InChI is InChI=1S/C14H10ClFN2S/c15-13-2-1-12(18)6-14(13)19-8-10-3-9(7-17)4-11(16)5-10/h1-6H,8,18H2. The number of halogens is 2. The highest BCUT2D eigenvalue weighted by Gasteiger charge is 2.05. The Hall–Kier alpha value is -1.70. The average molecular weight is 293 g/mol. The summed E-state index contributed by atoms with van der Waals surface area (Å²) >= 11 is 7.50. The van der Waals surface area contributed by atoms with Gasteiger partial charge < -0.3 is 5.73 Å². The van der Waals surface area contributed by atoms with Crippen LogP contribution in [0.1, 0.15) is 11.1 Å². The van der Waals surface area contributed by atoms with Gasteiger partial charge in [0.25, 0.3) is 0 Å². The fourth-order valence-electron chi connectivity index (χ4n) is 1.59. The Morgan fingerprint density at radius 3 is 2.79 bits per heavy atom. The van der Waals surface area contributed by atoms with Crippen molar-refractivity contribution in [3.8, 4) is 6.07 Å². The molecule has 0 aliphatic rings. The zero-order valence-corrected chi connectivity index (χ0v) is 11.4. The number of hydrogen-bond acceptors (Lipinski definition) is 3. The van der Waals surface area contributed by atoms with Gasteiger partial charge in [-0.3, -0.25) is 0 Å². The first kappa shape index (κ1) is 13.7. The molecule has 0 amide bonds. The molecule has 0 atom stereocenters. The fourth-order valence-corrected chi connectivity index (χ4v) is 2.79. The second-order valence-electron chi connectivity index (χ2n) is 3.94. The minimum Gasteiger partial charge on any atom is -0.399 e. The smallest absolute Gasteiger partial charge is 0.124 e. The van der Waals surface area contributed by atoms with Crippen LogP contribution >= 0.6 is 23.4 Å². The van der Waals surface area contributed by atoms with E-state index in [1.807, 2.05) is 6.07 Å². The third kappa shape index (κ3) is 3.63. The van der Waals surface area contributed by atoms with Gasteiger partial charge in [-0.1, -0.05) is 11.6 Å². The Labute approximate surface area is 120 Å². The molecule has 2 aromatic carbocycles. The predicted molar refractivity (Wildman–Crippen MR) is 76.5 cm³/mol. The second kappa shape index (κ2) is 5.96. The lowest BCUT2D eigenvalue weighted by Crippen LogP contribution is -1.88. The van der Waals surface area contributed by atoms with E-state index in [4.69, 9.17) is 22.6 Å². The van der Waals surface area contributed by atoms with E-state index in [-0.39, 0.29) is 0 Å². The lowest BCUT2D eigenvalue weighted by molar-refractivity contribution is 0.626. The summed E-state index contributed by atoms with van der Waals surface area (Å²) in [5.74, 6) is 0.114. The summed E-state index contributed by atoms with van der Waals surface area (Å²) in [6.07, 6.45) is 0. The lowest BCUT2D eigenvalue weighted by atomic mass is 10.1. The molecule has 2 nitrogen and oxygen atoms in total. The maximum absolute atomic E-state index is 13.3. The van der Waals surface area contributed by atoms with Crippen molar-refractivity contribution in [2.24, 2.45) is 0 Å². The molecule has 0 heterocycles. The number of benzene rings is 2. The van der Waals surface area contributed by atoms with Gasteiger partial charge in [0.2, 0.25) is 0 Å². The van der Waals surface area contributed by atoms with Crippen LogP contribution < -0.4 is 5.73 Å². The van der Waals surface area contributed by atoms with Gasteiger partial charge in [-0.25, -0.2) is 4.39 Å². The van der Waals surface area contributed by atoms with E-state index < -0.39 is 5.82 Å². The largest absolute Gasteiger partial charge is 0.399 e. The van der Waals surface area contributed by atoms with Crippen molar-refractivity contribution in [1.29, 1.82) is 5.26 Å². The number of nitrogens with two attached hydrogens (primary N) is 1. The van der Waals surface area contributed by atoms with Crippen LogP contribution in [-0.2, 0) is 5.75 Å². The van der Waals surface area contributed by atoms with Gasteiger partial charge in [0.15, 0.2) is 0 Å². The summed E-state index contributed by atoms with van der Waals surface area (Å²) < 4.78 is 13.3. The number of nitriles is 1. The monoisotopic (exact) mass is 292 g/mol. The van der Waals surface area contributed by atoms with Crippen LogP contribution in [-0.4, -0.2) is 0 Å². The van der Waals surface area contributed by atoms with E-state index in [0.717, 1.165) is 10.5 Å². The van der Waals surface area contributed by atoms with Crippen LogP contribution in [0, 0.1) is 17.1 Å². The molecule has 96 valence electrons. The first-order valence-corrected chi connectivity index (χ1v) is 6.82. The van der Waals surface area contributed by atoms with Crippen LogP contribution in [0.3, 0.4) is 0 Å². The summed E-state index contributed by atoms with van der Waals surface area (Å²) in [6, 6.07) is 11.4. The minimum atomic E-state index is -0.409. The predicted octanol–water partition coefficient (Wildman–Crippen LogP) is 4.23. The molecule has 0 spiro atoms. The molecule has 0 saturated heterocycles.